The van der Waals surface area contributed by atoms with E-state index in [9.17, 15) is 14.7 Å². The third-order valence-electron chi connectivity index (χ3n) is 4.23. The van der Waals surface area contributed by atoms with Crippen molar-refractivity contribution in [1.29, 1.82) is 0 Å². The summed E-state index contributed by atoms with van der Waals surface area (Å²) in [6.07, 6.45) is 0.440. The monoisotopic (exact) mass is 321 g/mol. The van der Waals surface area contributed by atoms with Crippen molar-refractivity contribution in [2.75, 3.05) is 0 Å². The first-order valence-electron chi connectivity index (χ1n) is 7.91. The Labute approximate surface area is 141 Å². The van der Waals surface area contributed by atoms with Gasteiger partial charge in [0.15, 0.2) is 5.78 Å². The first-order chi connectivity index (χ1) is 11.6. The number of nitrogens with zero attached hydrogens (tertiary/aromatic N) is 1. The zero-order valence-electron chi connectivity index (χ0n) is 13.5. The number of hydrogen-bond acceptors (Lipinski definition) is 3. The zero-order chi connectivity index (χ0) is 17.1. The summed E-state index contributed by atoms with van der Waals surface area (Å²) in [5.74, 6) is -0.914. The van der Waals surface area contributed by atoms with E-state index in [1.54, 1.807) is 4.90 Å². The van der Waals surface area contributed by atoms with Gasteiger partial charge >= 0.3 is 0 Å². The maximum atomic E-state index is 12.7. The lowest BCUT2D eigenvalue weighted by molar-refractivity contribution is -0.127. The fourth-order valence-electron chi connectivity index (χ4n) is 3.03. The molecule has 1 amide bonds. The number of benzene rings is 2. The number of allylic oxidation sites excluding steroid dienone is 1. The van der Waals surface area contributed by atoms with Crippen molar-refractivity contribution in [3.05, 3.63) is 83.1 Å². The lowest BCUT2D eigenvalue weighted by atomic mass is 10.0. The Kier molecular flexibility index (Phi) is 4.47. The first kappa shape index (κ1) is 16.0. The predicted molar refractivity (Wildman–Crippen MR) is 91.3 cm³/mol. The number of aliphatic hydroxyl groups excluding tert-OH is 1. The highest BCUT2D eigenvalue weighted by Crippen LogP contribution is 2.27. The van der Waals surface area contributed by atoms with Gasteiger partial charge < -0.3 is 10.0 Å². The van der Waals surface area contributed by atoms with Gasteiger partial charge in [-0.2, -0.15) is 0 Å². The molecular formula is C20H19NO3. The molecule has 0 bridgehead atoms. The van der Waals surface area contributed by atoms with Crippen LogP contribution in [0, 0.1) is 0 Å². The Morgan fingerprint density at radius 2 is 1.50 bits per heavy atom. The van der Waals surface area contributed by atoms with Crippen molar-refractivity contribution in [3.63, 3.8) is 0 Å². The molecule has 1 saturated heterocycles. The van der Waals surface area contributed by atoms with Crippen LogP contribution in [-0.2, 0) is 22.6 Å². The zero-order valence-corrected chi connectivity index (χ0v) is 13.5. The van der Waals surface area contributed by atoms with E-state index in [4.69, 9.17) is 0 Å². The van der Waals surface area contributed by atoms with Gasteiger partial charge in [-0.15, -0.1) is 0 Å². The smallest absolute Gasteiger partial charge is 0.261 e. The highest BCUT2D eigenvalue weighted by atomic mass is 16.3. The van der Waals surface area contributed by atoms with E-state index in [0.717, 1.165) is 11.1 Å². The Hall–Kier alpha value is -2.88. The summed E-state index contributed by atoms with van der Waals surface area (Å²) in [4.78, 5) is 26.9. The summed E-state index contributed by atoms with van der Waals surface area (Å²) >= 11 is 0. The molecule has 1 fully saturated rings. The van der Waals surface area contributed by atoms with Crippen LogP contribution in [0.25, 0.3) is 0 Å². The fraction of sp³-hybridized carbons (Fsp3) is 0.200. The van der Waals surface area contributed by atoms with Gasteiger partial charge in [0.2, 0.25) is 0 Å². The second kappa shape index (κ2) is 6.71. The van der Waals surface area contributed by atoms with Crippen molar-refractivity contribution in [3.8, 4) is 0 Å². The molecule has 0 aliphatic carbocycles. The second-order valence-electron chi connectivity index (χ2n) is 5.95. The molecule has 2 aromatic rings. The summed E-state index contributed by atoms with van der Waals surface area (Å²) in [7, 11) is 0. The van der Waals surface area contributed by atoms with Gasteiger partial charge in [0.05, 0.1) is 0 Å². The Bertz CT molecular complexity index is 716. The van der Waals surface area contributed by atoms with Crippen LogP contribution in [0.15, 0.2) is 72.0 Å². The predicted octanol–water partition coefficient (Wildman–Crippen LogP) is 3.04. The van der Waals surface area contributed by atoms with E-state index in [1.807, 2.05) is 60.7 Å². The van der Waals surface area contributed by atoms with Gasteiger partial charge in [0, 0.05) is 13.0 Å². The maximum Gasteiger partial charge on any atom is 0.261 e. The minimum Gasteiger partial charge on any atom is -0.512 e. The summed E-state index contributed by atoms with van der Waals surface area (Å²) in [6.45, 7) is 1.73. The van der Waals surface area contributed by atoms with Gasteiger partial charge in [-0.05, 0) is 18.1 Å². The van der Waals surface area contributed by atoms with Gasteiger partial charge in [-0.3, -0.25) is 9.59 Å². The third-order valence-corrected chi connectivity index (χ3v) is 4.23. The van der Waals surface area contributed by atoms with Crippen LogP contribution in [0.2, 0.25) is 0 Å². The molecule has 1 heterocycles. The Morgan fingerprint density at radius 3 is 2.04 bits per heavy atom. The molecule has 0 saturated carbocycles. The average Bonchev–Trinajstić information content (AvgIpc) is 2.81. The van der Waals surface area contributed by atoms with E-state index < -0.39 is 11.9 Å². The second-order valence-corrected chi connectivity index (χ2v) is 5.95. The molecular weight excluding hydrogens is 302 g/mol. The minimum absolute atomic E-state index is 0.0909. The van der Waals surface area contributed by atoms with Crippen molar-refractivity contribution >= 4 is 11.7 Å². The Morgan fingerprint density at radius 1 is 0.958 bits per heavy atom. The Balaban J connectivity index is 1.94. The van der Waals surface area contributed by atoms with Gasteiger partial charge in [0.25, 0.3) is 5.91 Å². The quantitative estimate of drug-likeness (QED) is 0.535. The lowest BCUT2D eigenvalue weighted by Gasteiger charge is -2.23. The number of carbonyl (C=O) groups excluding carboxylic acids is 2. The van der Waals surface area contributed by atoms with Crippen LogP contribution >= 0.6 is 0 Å². The van der Waals surface area contributed by atoms with Gasteiger partial charge in [0.1, 0.15) is 17.4 Å². The number of likely N-dealkylation sites (tertiary alicyclic amines) is 1. The largest absolute Gasteiger partial charge is 0.512 e. The molecule has 2 aromatic carbocycles. The average molecular weight is 321 g/mol. The molecule has 1 aliphatic rings. The summed E-state index contributed by atoms with van der Waals surface area (Å²) in [5.41, 5.74) is 1.85. The van der Waals surface area contributed by atoms with E-state index in [-0.39, 0.29) is 17.1 Å². The van der Waals surface area contributed by atoms with Crippen molar-refractivity contribution in [2.45, 2.75) is 25.9 Å². The number of rotatable bonds is 4. The lowest BCUT2D eigenvalue weighted by Crippen LogP contribution is -2.36. The van der Waals surface area contributed by atoms with Crippen LogP contribution in [0.3, 0.4) is 0 Å². The topological polar surface area (TPSA) is 57.6 Å². The van der Waals surface area contributed by atoms with Crippen molar-refractivity contribution < 1.29 is 14.7 Å². The molecule has 0 radical (unpaired) electrons. The van der Waals surface area contributed by atoms with E-state index in [1.165, 1.54) is 6.92 Å². The number of Topliss-reactive ketones (excluding diaryl/α,β-unsaturated/α-hetero) is 1. The number of ketones is 1. The highest BCUT2D eigenvalue weighted by Gasteiger charge is 2.44. The molecule has 1 aliphatic heterocycles. The van der Waals surface area contributed by atoms with E-state index in [2.05, 4.69) is 0 Å². The first-order valence-corrected chi connectivity index (χ1v) is 7.91. The molecule has 4 nitrogen and oxygen atoms in total. The minimum atomic E-state index is -0.586. The molecule has 1 atom stereocenters. The van der Waals surface area contributed by atoms with E-state index >= 15 is 0 Å². The van der Waals surface area contributed by atoms with Crippen LogP contribution in [-0.4, -0.2) is 27.7 Å². The summed E-state index contributed by atoms with van der Waals surface area (Å²) < 4.78 is 0. The van der Waals surface area contributed by atoms with Crippen molar-refractivity contribution in [1.82, 2.24) is 4.90 Å². The third kappa shape index (κ3) is 3.08. The van der Waals surface area contributed by atoms with Gasteiger partial charge in [-0.25, -0.2) is 0 Å². The van der Waals surface area contributed by atoms with E-state index in [0.29, 0.717) is 13.0 Å². The number of carbonyl (C=O) groups is 2. The molecule has 3 rings (SSSR count). The van der Waals surface area contributed by atoms with Crippen LogP contribution in [0.4, 0.5) is 0 Å². The van der Waals surface area contributed by atoms with Crippen molar-refractivity contribution in [2.24, 2.45) is 0 Å². The maximum absolute atomic E-state index is 12.7. The summed E-state index contributed by atoms with van der Waals surface area (Å²) in [6, 6.07) is 18.6. The van der Waals surface area contributed by atoms with Crippen LogP contribution in [0.1, 0.15) is 18.1 Å². The standard InChI is InChI=1S/C20H19NO3/c1-14(22)18-19(23)17(12-15-8-4-2-5-9-15)21(20(18)24)13-16-10-6-3-7-11-16/h2-11,17,22H,12-13H2,1H3/t17-/m1/s1. The van der Waals surface area contributed by atoms with Gasteiger partial charge in [-0.1, -0.05) is 60.7 Å². The number of aliphatic hydroxyl groups is 1. The fourth-order valence-corrected chi connectivity index (χ4v) is 3.03. The normalized spacial score (nSPS) is 19.7. The molecule has 122 valence electrons. The SMILES string of the molecule is CC(O)=C1C(=O)[C@@H](Cc2ccccc2)N(Cc2ccccc2)C1=O. The number of hydrogen-bond donors (Lipinski definition) is 1. The molecule has 1 N–H and O–H groups in total. The molecule has 0 unspecified atom stereocenters. The molecule has 0 aromatic heterocycles. The highest BCUT2D eigenvalue weighted by molar-refractivity contribution is 6.26. The van der Waals surface area contributed by atoms with Crippen LogP contribution in [0.5, 0.6) is 0 Å². The van der Waals surface area contributed by atoms with Crippen LogP contribution < -0.4 is 0 Å². The number of amides is 1. The molecule has 24 heavy (non-hydrogen) atoms. The molecule has 4 heteroatoms. The summed E-state index contributed by atoms with van der Waals surface area (Å²) in [5, 5.41) is 9.77. The molecule has 0 spiro atoms.